The molecule has 0 unspecified atom stereocenters. The van der Waals surface area contributed by atoms with Crippen LogP contribution in [-0.4, -0.2) is 19.7 Å². The van der Waals surface area contributed by atoms with Gasteiger partial charge in [-0.2, -0.15) is 5.10 Å². The van der Waals surface area contributed by atoms with Gasteiger partial charge in [-0.3, -0.25) is 0 Å². The quantitative estimate of drug-likeness (QED) is 0.799. The zero-order valence-electron chi connectivity index (χ0n) is 12.5. The lowest BCUT2D eigenvalue weighted by Gasteiger charge is -2.09. The van der Waals surface area contributed by atoms with Crippen molar-refractivity contribution in [3.05, 3.63) is 53.9 Å². The average molecular weight is 295 g/mol. The van der Waals surface area contributed by atoms with Gasteiger partial charge < -0.3 is 10.5 Å². The minimum atomic E-state index is 0.453. The maximum atomic E-state index is 5.90. The van der Waals surface area contributed by atoms with Crippen molar-refractivity contribution in [2.24, 2.45) is 7.05 Å². The third-order valence-corrected chi connectivity index (χ3v) is 3.35. The molecule has 0 atom stereocenters. The predicted molar refractivity (Wildman–Crippen MR) is 84.2 cm³/mol. The number of nitrogens with two attached hydrogens (primary N) is 1. The molecule has 0 spiro atoms. The maximum Gasteiger partial charge on any atom is 0.223 e. The van der Waals surface area contributed by atoms with E-state index in [1.54, 1.807) is 17.1 Å². The Bertz CT molecular complexity index is 782. The fraction of sp³-hybridized carbons (Fsp3) is 0.188. The Hall–Kier alpha value is -2.89. The Balaban J connectivity index is 1.89. The zero-order valence-corrected chi connectivity index (χ0v) is 12.5. The lowest BCUT2D eigenvalue weighted by Crippen LogP contribution is -2.03. The van der Waals surface area contributed by atoms with E-state index in [1.165, 1.54) is 0 Å². The van der Waals surface area contributed by atoms with E-state index in [0.717, 1.165) is 16.7 Å². The highest BCUT2D eigenvalue weighted by molar-refractivity contribution is 5.62. The van der Waals surface area contributed by atoms with Crippen molar-refractivity contribution in [3.8, 4) is 17.3 Å². The first-order valence-corrected chi connectivity index (χ1v) is 6.93. The Kier molecular flexibility index (Phi) is 3.74. The van der Waals surface area contributed by atoms with Crippen molar-refractivity contribution in [2.45, 2.75) is 13.5 Å². The van der Waals surface area contributed by atoms with Gasteiger partial charge in [-0.05, 0) is 12.5 Å². The molecule has 6 heteroatoms. The number of anilines is 1. The van der Waals surface area contributed by atoms with Gasteiger partial charge in [0, 0.05) is 18.8 Å². The van der Waals surface area contributed by atoms with Gasteiger partial charge in [-0.15, -0.1) is 0 Å². The fourth-order valence-electron chi connectivity index (χ4n) is 2.06. The van der Waals surface area contributed by atoms with Crippen LogP contribution in [0.4, 0.5) is 5.82 Å². The maximum absolute atomic E-state index is 5.90. The summed E-state index contributed by atoms with van der Waals surface area (Å²) in [6.07, 6.45) is 3.38. The van der Waals surface area contributed by atoms with Crippen LogP contribution in [-0.2, 0) is 13.7 Å². The Morgan fingerprint density at radius 2 is 1.95 bits per heavy atom. The average Bonchev–Trinajstić information content (AvgIpc) is 2.90. The third-order valence-electron chi connectivity index (χ3n) is 3.35. The summed E-state index contributed by atoms with van der Waals surface area (Å²) in [6, 6.07) is 9.95. The van der Waals surface area contributed by atoms with Crippen LogP contribution in [0.15, 0.2) is 42.7 Å². The third kappa shape index (κ3) is 2.76. The molecular weight excluding hydrogens is 278 g/mol. The highest BCUT2D eigenvalue weighted by Gasteiger charge is 2.15. The fourth-order valence-corrected chi connectivity index (χ4v) is 2.06. The van der Waals surface area contributed by atoms with Crippen LogP contribution < -0.4 is 10.5 Å². The van der Waals surface area contributed by atoms with E-state index in [-0.39, 0.29) is 0 Å². The number of rotatable bonds is 4. The number of hydrogen-bond acceptors (Lipinski definition) is 5. The summed E-state index contributed by atoms with van der Waals surface area (Å²) in [6.45, 7) is 2.32. The predicted octanol–water partition coefficient (Wildman–Crippen LogP) is 2.35. The number of aromatic nitrogens is 4. The first-order chi connectivity index (χ1) is 10.6. The second-order valence-electron chi connectivity index (χ2n) is 5.02. The topological polar surface area (TPSA) is 78.8 Å². The van der Waals surface area contributed by atoms with E-state index in [9.17, 15) is 0 Å². The second-order valence-corrected chi connectivity index (χ2v) is 5.02. The van der Waals surface area contributed by atoms with Crippen molar-refractivity contribution in [1.82, 2.24) is 19.7 Å². The number of aryl methyl sites for hydroxylation is 2. The van der Waals surface area contributed by atoms with Crippen molar-refractivity contribution in [3.63, 3.8) is 0 Å². The summed E-state index contributed by atoms with van der Waals surface area (Å²) in [7, 11) is 1.82. The van der Waals surface area contributed by atoms with E-state index < -0.39 is 0 Å². The lowest BCUT2D eigenvalue weighted by atomic mass is 10.2. The molecule has 0 aliphatic carbocycles. The van der Waals surface area contributed by atoms with Crippen LogP contribution in [0.1, 0.15) is 11.1 Å². The normalized spacial score (nSPS) is 10.6. The number of benzene rings is 1. The molecule has 0 saturated heterocycles. The molecule has 2 heterocycles. The molecule has 3 rings (SSSR count). The van der Waals surface area contributed by atoms with Gasteiger partial charge >= 0.3 is 0 Å². The smallest absolute Gasteiger partial charge is 0.223 e. The van der Waals surface area contributed by atoms with Crippen molar-refractivity contribution < 1.29 is 4.74 Å². The van der Waals surface area contributed by atoms with E-state index in [1.807, 2.05) is 44.3 Å². The van der Waals surface area contributed by atoms with Crippen molar-refractivity contribution >= 4 is 5.82 Å². The summed E-state index contributed by atoms with van der Waals surface area (Å²) in [5, 5.41) is 4.23. The molecule has 112 valence electrons. The van der Waals surface area contributed by atoms with Gasteiger partial charge in [-0.1, -0.05) is 30.3 Å². The van der Waals surface area contributed by atoms with E-state index >= 15 is 0 Å². The largest absolute Gasteiger partial charge is 0.472 e. The van der Waals surface area contributed by atoms with E-state index in [2.05, 4.69) is 15.1 Å². The summed E-state index contributed by atoms with van der Waals surface area (Å²) >= 11 is 0. The first kappa shape index (κ1) is 14.1. The van der Waals surface area contributed by atoms with Crippen LogP contribution >= 0.6 is 0 Å². The molecular formula is C16H17N5O. The number of nitrogens with zero attached hydrogens (tertiary/aromatic N) is 4. The summed E-state index contributed by atoms with van der Waals surface area (Å²) < 4.78 is 7.56. The molecule has 0 aliphatic heterocycles. The van der Waals surface area contributed by atoms with Crippen molar-refractivity contribution in [2.75, 3.05) is 5.73 Å². The Morgan fingerprint density at radius 3 is 2.68 bits per heavy atom. The van der Waals surface area contributed by atoms with Crippen LogP contribution in [0, 0.1) is 6.92 Å². The molecule has 6 nitrogen and oxygen atoms in total. The van der Waals surface area contributed by atoms with Crippen LogP contribution in [0.2, 0.25) is 0 Å². The summed E-state index contributed by atoms with van der Waals surface area (Å²) in [5.74, 6) is 1.59. The van der Waals surface area contributed by atoms with Gasteiger partial charge in [-0.25, -0.2) is 14.6 Å². The molecule has 0 bridgehead atoms. The zero-order chi connectivity index (χ0) is 15.5. The number of ether oxygens (including phenoxy) is 1. The van der Waals surface area contributed by atoms with Gasteiger partial charge in [0.15, 0.2) is 5.82 Å². The standard InChI is InChI=1S/C16H17N5O/c1-11-8-18-15(20-14(11)17)13-9-19-21(2)16(13)22-10-12-6-4-3-5-7-12/h3-9H,10H2,1-2H3,(H2,17,18,20). The molecule has 2 N–H and O–H groups in total. The Morgan fingerprint density at radius 1 is 1.18 bits per heavy atom. The minimum Gasteiger partial charge on any atom is -0.472 e. The summed E-state index contributed by atoms with van der Waals surface area (Å²) in [5.41, 5.74) is 8.52. The lowest BCUT2D eigenvalue weighted by molar-refractivity contribution is 0.280. The first-order valence-electron chi connectivity index (χ1n) is 6.93. The van der Waals surface area contributed by atoms with Crippen molar-refractivity contribution in [1.29, 1.82) is 0 Å². The highest BCUT2D eigenvalue weighted by Crippen LogP contribution is 2.28. The van der Waals surface area contributed by atoms with Crippen LogP contribution in [0.25, 0.3) is 11.4 Å². The second kappa shape index (κ2) is 5.85. The highest BCUT2D eigenvalue weighted by atomic mass is 16.5. The molecule has 2 aromatic heterocycles. The molecule has 0 amide bonds. The monoisotopic (exact) mass is 295 g/mol. The van der Waals surface area contributed by atoms with Gasteiger partial charge in [0.1, 0.15) is 18.0 Å². The molecule has 0 fully saturated rings. The minimum absolute atomic E-state index is 0.453. The number of hydrogen-bond donors (Lipinski definition) is 1. The van der Waals surface area contributed by atoms with Gasteiger partial charge in [0.05, 0.1) is 6.20 Å². The van der Waals surface area contributed by atoms with E-state index in [4.69, 9.17) is 10.5 Å². The molecule has 22 heavy (non-hydrogen) atoms. The molecule has 0 radical (unpaired) electrons. The number of nitrogen functional groups attached to an aromatic ring is 1. The van der Waals surface area contributed by atoms with Crippen LogP contribution in [0.5, 0.6) is 5.88 Å². The van der Waals surface area contributed by atoms with Crippen LogP contribution in [0.3, 0.4) is 0 Å². The van der Waals surface area contributed by atoms with Gasteiger partial charge in [0.25, 0.3) is 0 Å². The molecule has 0 saturated carbocycles. The molecule has 3 aromatic rings. The van der Waals surface area contributed by atoms with Gasteiger partial charge in [0.2, 0.25) is 5.88 Å². The summed E-state index contributed by atoms with van der Waals surface area (Å²) in [4.78, 5) is 8.62. The SMILES string of the molecule is Cc1cnc(-c2cnn(C)c2OCc2ccccc2)nc1N. The molecule has 1 aromatic carbocycles. The Labute approximate surface area is 128 Å². The molecule has 0 aliphatic rings. The van der Waals surface area contributed by atoms with E-state index in [0.29, 0.717) is 24.1 Å².